The van der Waals surface area contributed by atoms with Gasteiger partial charge in [-0.25, -0.2) is 0 Å². The van der Waals surface area contributed by atoms with E-state index in [2.05, 4.69) is 6.92 Å². The van der Waals surface area contributed by atoms with Crippen molar-refractivity contribution in [2.45, 2.75) is 26.7 Å². The summed E-state index contributed by atoms with van der Waals surface area (Å²) >= 11 is 0. The summed E-state index contributed by atoms with van der Waals surface area (Å²) in [6.45, 7) is 4.89. The first kappa shape index (κ1) is 12.6. The van der Waals surface area contributed by atoms with Crippen LogP contribution in [0.2, 0.25) is 0 Å². The van der Waals surface area contributed by atoms with Crippen molar-refractivity contribution in [2.24, 2.45) is 0 Å². The highest BCUT2D eigenvalue weighted by Crippen LogP contribution is 2.28. The predicted molar refractivity (Wildman–Crippen MR) is 68.1 cm³/mol. The molecule has 1 rings (SSSR count). The van der Waals surface area contributed by atoms with Gasteiger partial charge in [-0.05, 0) is 31.0 Å². The zero-order valence-electron chi connectivity index (χ0n) is 10.3. The van der Waals surface area contributed by atoms with Crippen molar-refractivity contribution in [3.05, 3.63) is 29.8 Å². The molecule has 0 spiro atoms. The number of rotatable bonds is 6. The Labute approximate surface area is 97.9 Å². The Kier molecular flexibility index (Phi) is 5.48. The molecule has 88 valence electrons. The zero-order valence-corrected chi connectivity index (χ0v) is 10.3. The Morgan fingerprint density at radius 3 is 2.69 bits per heavy atom. The van der Waals surface area contributed by atoms with E-state index >= 15 is 0 Å². The molecular weight excluding hydrogens is 200 g/mol. The lowest BCUT2D eigenvalue weighted by molar-refractivity contribution is 0.288. The molecule has 0 atom stereocenters. The van der Waals surface area contributed by atoms with Crippen molar-refractivity contribution >= 4 is 6.08 Å². The van der Waals surface area contributed by atoms with E-state index in [0.29, 0.717) is 0 Å². The molecule has 0 aliphatic carbocycles. The maximum Gasteiger partial charge on any atom is 0.161 e. The van der Waals surface area contributed by atoms with Crippen LogP contribution in [-0.4, -0.2) is 13.7 Å². The second kappa shape index (κ2) is 6.94. The third-order valence-electron chi connectivity index (χ3n) is 2.30. The van der Waals surface area contributed by atoms with Gasteiger partial charge < -0.3 is 9.47 Å². The second-order valence-corrected chi connectivity index (χ2v) is 3.61. The maximum atomic E-state index is 5.65. The molecule has 0 saturated carbocycles. The van der Waals surface area contributed by atoms with Gasteiger partial charge in [-0.2, -0.15) is 0 Å². The van der Waals surface area contributed by atoms with Gasteiger partial charge in [0, 0.05) is 0 Å². The molecule has 0 fully saturated rings. The molecule has 0 aliphatic heterocycles. The lowest BCUT2D eigenvalue weighted by atomic mass is 10.2. The molecular formula is C14H20O2. The van der Waals surface area contributed by atoms with Crippen LogP contribution >= 0.6 is 0 Å². The molecule has 0 aliphatic rings. The van der Waals surface area contributed by atoms with Crippen LogP contribution in [0.3, 0.4) is 0 Å². The minimum Gasteiger partial charge on any atom is -0.493 e. The molecule has 2 nitrogen and oxygen atoms in total. The first-order valence-electron chi connectivity index (χ1n) is 5.75. The number of ether oxygens (including phenoxy) is 2. The molecule has 16 heavy (non-hydrogen) atoms. The highest BCUT2D eigenvalue weighted by Gasteiger charge is 2.03. The Morgan fingerprint density at radius 2 is 2.06 bits per heavy atom. The van der Waals surface area contributed by atoms with Gasteiger partial charge >= 0.3 is 0 Å². The molecule has 0 unspecified atom stereocenters. The van der Waals surface area contributed by atoms with Crippen LogP contribution < -0.4 is 9.47 Å². The van der Waals surface area contributed by atoms with Crippen molar-refractivity contribution in [3.8, 4) is 11.5 Å². The summed E-state index contributed by atoms with van der Waals surface area (Å²) < 4.78 is 11.0. The third kappa shape index (κ3) is 3.61. The number of unbranched alkanes of at least 4 members (excludes halogenated alkanes) is 1. The minimum atomic E-state index is 0.746. The van der Waals surface area contributed by atoms with Crippen molar-refractivity contribution < 1.29 is 9.47 Å². The van der Waals surface area contributed by atoms with Crippen LogP contribution in [0.4, 0.5) is 0 Å². The summed E-state index contributed by atoms with van der Waals surface area (Å²) in [5.41, 5.74) is 1.13. The van der Waals surface area contributed by atoms with E-state index in [0.717, 1.165) is 36.5 Å². The molecule has 0 N–H and O–H groups in total. The van der Waals surface area contributed by atoms with Crippen molar-refractivity contribution in [1.29, 1.82) is 0 Å². The van der Waals surface area contributed by atoms with Crippen LogP contribution in [-0.2, 0) is 0 Å². The molecule has 0 saturated heterocycles. The van der Waals surface area contributed by atoms with E-state index in [1.165, 1.54) is 0 Å². The summed E-state index contributed by atoms with van der Waals surface area (Å²) in [5, 5.41) is 0. The molecule has 1 aromatic rings. The van der Waals surface area contributed by atoms with Crippen molar-refractivity contribution in [1.82, 2.24) is 0 Å². The van der Waals surface area contributed by atoms with E-state index in [1.807, 2.05) is 37.3 Å². The van der Waals surface area contributed by atoms with E-state index in [-0.39, 0.29) is 0 Å². The highest BCUT2D eigenvalue weighted by atomic mass is 16.5. The fraction of sp³-hybridized carbons (Fsp3) is 0.429. The van der Waals surface area contributed by atoms with Crippen LogP contribution in [0.25, 0.3) is 6.08 Å². The largest absolute Gasteiger partial charge is 0.493 e. The molecule has 2 heteroatoms. The monoisotopic (exact) mass is 220 g/mol. The predicted octanol–water partition coefficient (Wildman–Crippen LogP) is 3.91. The Bertz CT molecular complexity index is 343. The number of methoxy groups -OCH3 is 1. The maximum absolute atomic E-state index is 5.65. The standard InChI is InChI=1S/C14H20O2/c1-4-6-10-16-13-9-8-12(7-5-2)11-14(13)15-3/h5,7-9,11H,4,6,10H2,1-3H3/b7-5+. The van der Waals surface area contributed by atoms with Gasteiger partial charge in [0.05, 0.1) is 13.7 Å². The topological polar surface area (TPSA) is 18.5 Å². The summed E-state index contributed by atoms with van der Waals surface area (Å²) in [6, 6.07) is 5.98. The van der Waals surface area contributed by atoms with Gasteiger partial charge in [-0.1, -0.05) is 31.6 Å². The number of benzene rings is 1. The molecule has 0 bridgehead atoms. The highest BCUT2D eigenvalue weighted by molar-refractivity contribution is 5.55. The quantitative estimate of drug-likeness (QED) is 0.677. The Balaban J connectivity index is 2.76. The fourth-order valence-electron chi connectivity index (χ4n) is 1.43. The lowest BCUT2D eigenvalue weighted by Crippen LogP contribution is -1.98. The Hall–Kier alpha value is -1.44. The smallest absolute Gasteiger partial charge is 0.161 e. The Morgan fingerprint density at radius 1 is 1.25 bits per heavy atom. The van der Waals surface area contributed by atoms with Crippen molar-refractivity contribution in [3.63, 3.8) is 0 Å². The van der Waals surface area contributed by atoms with Crippen molar-refractivity contribution in [2.75, 3.05) is 13.7 Å². The number of hydrogen-bond acceptors (Lipinski definition) is 2. The van der Waals surface area contributed by atoms with Crippen LogP contribution in [0, 0.1) is 0 Å². The van der Waals surface area contributed by atoms with Gasteiger partial charge in [0.25, 0.3) is 0 Å². The molecule has 0 radical (unpaired) electrons. The molecule has 0 aromatic heterocycles. The molecule has 1 aromatic carbocycles. The van der Waals surface area contributed by atoms with Gasteiger partial charge in [0.1, 0.15) is 0 Å². The number of allylic oxidation sites excluding steroid dienone is 1. The molecule has 0 heterocycles. The van der Waals surface area contributed by atoms with Gasteiger partial charge in [-0.15, -0.1) is 0 Å². The number of hydrogen-bond donors (Lipinski definition) is 0. The van der Waals surface area contributed by atoms with Gasteiger partial charge in [-0.3, -0.25) is 0 Å². The SMILES string of the molecule is C/C=C/c1ccc(OCCCC)c(OC)c1. The minimum absolute atomic E-state index is 0.746. The third-order valence-corrected chi connectivity index (χ3v) is 2.30. The average molecular weight is 220 g/mol. The van der Waals surface area contributed by atoms with E-state index < -0.39 is 0 Å². The zero-order chi connectivity index (χ0) is 11.8. The van der Waals surface area contributed by atoms with Gasteiger partial charge in [0.2, 0.25) is 0 Å². The van der Waals surface area contributed by atoms with Gasteiger partial charge in [0.15, 0.2) is 11.5 Å². The van der Waals surface area contributed by atoms with Crippen LogP contribution in [0.5, 0.6) is 11.5 Å². The molecule has 0 amide bonds. The van der Waals surface area contributed by atoms with E-state index in [9.17, 15) is 0 Å². The van der Waals surface area contributed by atoms with Crippen LogP contribution in [0.15, 0.2) is 24.3 Å². The first-order chi connectivity index (χ1) is 7.81. The second-order valence-electron chi connectivity index (χ2n) is 3.61. The summed E-state index contributed by atoms with van der Waals surface area (Å²) in [6.07, 6.45) is 6.25. The average Bonchev–Trinajstić information content (AvgIpc) is 2.31. The normalized spacial score (nSPS) is 10.7. The van der Waals surface area contributed by atoms with E-state index in [1.54, 1.807) is 7.11 Å². The summed E-state index contributed by atoms with van der Waals surface area (Å²) in [4.78, 5) is 0. The van der Waals surface area contributed by atoms with E-state index in [4.69, 9.17) is 9.47 Å². The fourth-order valence-corrected chi connectivity index (χ4v) is 1.43. The lowest BCUT2D eigenvalue weighted by Gasteiger charge is -2.10. The summed E-state index contributed by atoms with van der Waals surface area (Å²) in [5.74, 6) is 1.62. The van der Waals surface area contributed by atoms with Crippen LogP contribution in [0.1, 0.15) is 32.3 Å². The summed E-state index contributed by atoms with van der Waals surface area (Å²) in [7, 11) is 1.67. The first-order valence-corrected chi connectivity index (χ1v) is 5.75.